The summed E-state index contributed by atoms with van der Waals surface area (Å²) in [5.74, 6) is 0.127. The van der Waals surface area contributed by atoms with Crippen molar-refractivity contribution < 1.29 is 15.0 Å². The Hall–Kier alpha value is -4.49. The second-order valence-electron chi connectivity index (χ2n) is 13.7. The second kappa shape index (κ2) is 21.1. The van der Waals surface area contributed by atoms with Crippen LogP contribution in [0.2, 0.25) is 0 Å². The number of phenols is 2. The van der Waals surface area contributed by atoms with Gasteiger partial charge in [0.15, 0.2) is 0 Å². The number of nitrogens with one attached hydrogen (secondary N) is 1. The Morgan fingerprint density at radius 1 is 0.942 bits per heavy atom. The second-order valence-corrected chi connectivity index (χ2v) is 13.7. The maximum atomic E-state index is 13.3. The number of unbranched alkanes of at least 4 members (excludes halogenated alkanes) is 1. The Morgan fingerprint density at radius 2 is 1.65 bits per heavy atom. The highest BCUT2D eigenvalue weighted by Crippen LogP contribution is 2.40. The van der Waals surface area contributed by atoms with Crippen molar-refractivity contribution >= 4 is 28.2 Å². The van der Waals surface area contributed by atoms with Crippen LogP contribution in [0.1, 0.15) is 113 Å². The Morgan fingerprint density at radius 3 is 2.31 bits per heavy atom. The van der Waals surface area contributed by atoms with E-state index in [1.54, 1.807) is 17.2 Å². The van der Waals surface area contributed by atoms with Gasteiger partial charge in [-0.1, -0.05) is 85.2 Å². The van der Waals surface area contributed by atoms with Crippen molar-refractivity contribution in [3.05, 3.63) is 108 Å². The molecule has 1 aromatic heterocycles. The molecule has 0 spiro atoms. The lowest BCUT2D eigenvalue weighted by molar-refractivity contribution is 0.102. The van der Waals surface area contributed by atoms with Crippen molar-refractivity contribution in [2.24, 2.45) is 5.92 Å². The molecule has 0 saturated carbocycles. The SMILES string of the molecule is C=CN(/C=C\CCC)c1c(O)cc(NC(=O)c2cccc(Cc3ccc4c(c3)c(C)c(C)n4CCCN(CCC)CCC(C)CC)c2)cc1O.CC. The van der Waals surface area contributed by atoms with Crippen LogP contribution in [0.15, 0.2) is 79.7 Å². The third-order valence-electron chi connectivity index (χ3n) is 9.84. The standard InChI is InChI=1S/C43H58N4O3.C2H6/c1-8-12-13-23-46(11-4)42-40(48)29-37(30-41(42)49)44-43(50)36-17-14-16-34(27-36)26-35-18-19-39-38(28-35)32(6)33(7)47(39)24-15-22-45(21-9-2)25-20-31(5)10-3;1-2/h11,13-14,16-19,23,27-31,48-49H,4,8-10,12,15,20-22,24-26H2,1-3,5-7H3,(H,44,50);1-2H3/b23-13-;. The van der Waals surface area contributed by atoms with E-state index < -0.39 is 0 Å². The summed E-state index contributed by atoms with van der Waals surface area (Å²) < 4.78 is 2.48. The lowest BCUT2D eigenvalue weighted by atomic mass is 10.0. The Labute approximate surface area is 313 Å². The van der Waals surface area contributed by atoms with Gasteiger partial charge in [0.05, 0.1) is 0 Å². The zero-order valence-electron chi connectivity index (χ0n) is 33.1. The highest BCUT2D eigenvalue weighted by atomic mass is 16.3. The molecule has 0 aliphatic rings. The summed E-state index contributed by atoms with van der Waals surface area (Å²) in [5, 5.41) is 25.6. The molecule has 3 N–H and O–H groups in total. The smallest absolute Gasteiger partial charge is 0.255 e. The van der Waals surface area contributed by atoms with Crippen molar-refractivity contribution in [2.45, 2.75) is 107 Å². The van der Waals surface area contributed by atoms with Gasteiger partial charge in [-0.3, -0.25) is 4.79 Å². The molecule has 1 unspecified atom stereocenters. The molecule has 0 aliphatic heterocycles. The summed E-state index contributed by atoms with van der Waals surface area (Å²) in [4.78, 5) is 17.5. The van der Waals surface area contributed by atoms with Crippen molar-refractivity contribution in [1.82, 2.24) is 9.47 Å². The average Bonchev–Trinajstić information content (AvgIpc) is 3.37. The molecular weight excluding hydrogens is 645 g/mol. The summed E-state index contributed by atoms with van der Waals surface area (Å²) in [6.07, 6.45) is 12.6. The number of carbonyl (C=O) groups excluding carboxylic acids is 1. The zero-order valence-corrected chi connectivity index (χ0v) is 33.1. The van der Waals surface area contributed by atoms with E-state index in [2.05, 4.69) is 81.1 Å². The monoisotopic (exact) mass is 708 g/mol. The number of nitrogens with zero attached hydrogens (tertiary/aromatic N) is 3. The maximum absolute atomic E-state index is 13.3. The van der Waals surface area contributed by atoms with Crippen LogP contribution in [0.25, 0.3) is 10.9 Å². The third-order valence-corrected chi connectivity index (χ3v) is 9.84. The van der Waals surface area contributed by atoms with Gasteiger partial charge in [0.2, 0.25) is 0 Å². The van der Waals surface area contributed by atoms with Gasteiger partial charge in [0, 0.05) is 58.9 Å². The van der Waals surface area contributed by atoms with E-state index in [0.717, 1.165) is 43.8 Å². The van der Waals surface area contributed by atoms with Crippen molar-refractivity contribution in [2.75, 3.05) is 29.9 Å². The average molecular weight is 709 g/mol. The first-order valence-corrected chi connectivity index (χ1v) is 19.4. The van der Waals surface area contributed by atoms with Crippen LogP contribution in [0, 0.1) is 19.8 Å². The highest BCUT2D eigenvalue weighted by Gasteiger charge is 2.17. The van der Waals surface area contributed by atoms with Gasteiger partial charge in [0.25, 0.3) is 5.91 Å². The highest BCUT2D eigenvalue weighted by molar-refractivity contribution is 6.05. The van der Waals surface area contributed by atoms with E-state index in [9.17, 15) is 15.0 Å². The van der Waals surface area contributed by atoms with Gasteiger partial charge in [-0.05, 0) is 112 Å². The lowest BCUT2D eigenvalue weighted by Crippen LogP contribution is -2.28. The Bertz CT molecular complexity index is 1750. The molecule has 0 bridgehead atoms. The van der Waals surface area contributed by atoms with Crippen LogP contribution in [0.4, 0.5) is 11.4 Å². The minimum Gasteiger partial charge on any atom is -0.506 e. The van der Waals surface area contributed by atoms with E-state index in [1.165, 1.54) is 78.4 Å². The number of fused-ring (bicyclic) bond motifs is 1. The molecule has 0 aliphatic carbocycles. The fraction of sp³-hybridized carbons (Fsp3) is 0.444. The minimum absolute atomic E-state index is 0.166. The van der Waals surface area contributed by atoms with Crippen LogP contribution < -0.4 is 10.2 Å². The molecule has 4 aromatic rings. The molecule has 7 heteroatoms. The van der Waals surface area contributed by atoms with Crippen molar-refractivity contribution in [1.29, 1.82) is 0 Å². The molecule has 3 aromatic carbocycles. The summed E-state index contributed by atoms with van der Waals surface area (Å²) >= 11 is 0. The van der Waals surface area contributed by atoms with E-state index in [0.29, 0.717) is 17.7 Å². The minimum atomic E-state index is -0.321. The number of phenolic OH excluding ortho intramolecular Hbond substituents is 2. The molecule has 1 atom stereocenters. The molecule has 4 rings (SSSR count). The number of carbonyl (C=O) groups is 1. The number of hydrogen-bond donors (Lipinski definition) is 3. The van der Waals surface area contributed by atoms with Gasteiger partial charge < -0.3 is 29.9 Å². The molecule has 0 saturated heterocycles. The summed E-state index contributed by atoms with van der Waals surface area (Å²) in [5.41, 5.74) is 7.16. The fourth-order valence-corrected chi connectivity index (χ4v) is 6.59. The topological polar surface area (TPSA) is 81.0 Å². The summed E-state index contributed by atoms with van der Waals surface area (Å²) in [7, 11) is 0. The number of aryl methyl sites for hydroxylation is 2. The number of anilines is 2. The van der Waals surface area contributed by atoms with Crippen LogP contribution in [-0.4, -0.2) is 45.2 Å². The number of aromatic nitrogens is 1. The first kappa shape index (κ1) is 41.9. The van der Waals surface area contributed by atoms with Gasteiger partial charge in [-0.25, -0.2) is 0 Å². The van der Waals surface area contributed by atoms with E-state index in [4.69, 9.17) is 0 Å². The third kappa shape index (κ3) is 11.3. The van der Waals surface area contributed by atoms with Crippen LogP contribution in [-0.2, 0) is 13.0 Å². The van der Waals surface area contributed by atoms with E-state index in [-0.39, 0.29) is 23.1 Å². The Balaban J connectivity index is 0.00000358. The van der Waals surface area contributed by atoms with Crippen LogP contribution in [0.5, 0.6) is 11.5 Å². The largest absolute Gasteiger partial charge is 0.506 e. The fourth-order valence-electron chi connectivity index (χ4n) is 6.59. The predicted molar refractivity (Wildman–Crippen MR) is 222 cm³/mol. The number of amides is 1. The number of benzene rings is 3. The number of aromatic hydroxyl groups is 2. The first-order chi connectivity index (χ1) is 25.1. The maximum Gasteiger partial charge on any atom is 0.255 e. The molecule has 7 nitrogen and oxygen atoms in total. The molecule has 282 valence electrons. The summed E-state index contributed by atoms with van der Waals surface area (Å²) in [6.45, 7) is 25.7. The quantitative estimate of drug-likeness (QED) is 0.0903. The normalized spacial score (nSPS) is 11.9. The molecule has 0 fully saturated rings. The first-order valence-electron chi connectivity index (χ1n) is 19.4. The van der Waals surface area contributed by atoms with E-state index >= 15 is 0 Å². The molecule has 1 heterocycles. The van der Waals surface area contributed by atoms with Crippen molar-refractivity contribution in [3.63, 3.8) is 0 Å². The molecule has 1 amide bonds. The van der Waals surface area contributed by atoms with E-state index in [1.807, 2.05) is 38.1 Å². The molecular formula is C45H64N4O3. The number of allylic oxidation sites excluding steroid dienone is 1. The van der Waals surface area contributed by atoms with Gasteiger partial charge >= 0.3 is 0 Å². The molecule has 0 radical (unpaired) electrons. The van der Waals surface area contributed by atoms with Gasteiger partial charge in [0.1, 0.15) is 17.2 Å². The number of hydrogen-bond acceptors (Lipinski definition) is 5. The molecule has 52 heavy (non-hydrogen) atoms. The lowest BCUT2D eigenvalue weighted by Gasteiger charge is -2.23. The Kier molecular flexibility index (Phi) is 17.0. The van der Waals surface area contributed by atoms with Crippen molar-refractivity contribution in [3.8, 4) is 11.5 Å². The van der Waals surface area contributed by atoms with Gasteiger partial charge in [-0.15, -0.1) is 0 Å². The summed E-state index contributed by atoms with van der Waals surface area (Å²) in [6, 6.07) is 17.2. The zero-order chi connectivity index (χ0) is 38.2. The van der Waals surface area contributed by atoms with Gasteiger partial charge in [-0.2, -0.15) is 0 Å². The predicted octanol–water partition coefficient (Wildman–Crippen LogP) is 11.3. The number of rotatable bonds is 19. The van der Waals surface area contributed by atoms with Crippen LogP contribution >= 0.6 is 0 Å². The van der Waals surface area contributed by atoms with Crippen LogP contribution in [0.3, 0.4) is 0 Å².